The highest BCUT2D eigenvalue weighted by Crippen LogP contribution is 2.16. The summed E-state index contributed by atoms with van der Waals surface area (Å²) in [5, 5.41) is 7.87. The van der Waals surface area contributed by atoms with E-state index in [-0.39, 0.29) is 0 Å². The lowest BCUT2D eigenvalue weighted by molar-refractivity contribution is -0.0212. The number of ether oxygens (including phenoxy) is 1. The van der Waals surface area contributed by atoms with Gasteiger partial charge in [0, 0.05) is 31.1 Å². The van der Waals surface area contributed by atoms with E-state index in [1.54, 1.807) is 11.3 Å². The number of benzene rings is 1. The zero-order valence-electron chi connectivity index (χ0n) is 18.0. The van der Waals surface area contributed by atoms with Crippen LogP contribution in [0.2, 0.25) is 0 Å². The highest BCUT2D eigenvalue weighted by molar-refractivity contribution is 7.11. The molecule has 1 atom stereocenters. The van der Waals surface area contributed by atoms with Gasteiger partial charge in [0.15, 0.2) is 5.96 Å². The van der Waals surface area contributed by atoms with Gasteiger partial charge in [0.25, 0.3) is 0 Å². The van der Waals surface area contributed by atoms with E-state index in [1.165, 1.54) is 16.0 Å². The summed E-state index contributed by atoms with van der Waals surface area (Å²) in [7, 11) is 0. The molecule has 0 saturated carbocycles. The van der Waals surface area contributed by atoms with Gasteiger partial charge >= 0.3 is 0 Å². The molecule has 1 aliphatic heterocycles. The van der Waals surface area contributed by atoms with Crippen molar-refractivity contribution < 1.29 is 4.74 Å². The number of hydrogen-bond acceptors (Lipinski definition) is 5. The molecule has 0 aliphatic carbocycles. The van der Waals surface area contributed by atoms with Crippen molar-refractivity contribution in [2.45, 2.75) is 53.4 Å². The number of nitrogens with one attached hydrogen (secondary N) is 2. The number of nitrogens with zero attached hydrogens (tertiary/aromatic N) is 3. The van der Waals surface area contributed by atoms with Gasteiger partial charge in [-0.2, -0.15) is 0 Å². The molecular weight excluding hydrogens is 382 g/mol. The second-order valence-electron chi connectivity index (χ2n) is 7.53. The molecule has 1 aliphatic rings. The monoisotopic (exact) mass is 415 g/mol. The molecule has 1 fully saturated rings. The average molecular weight is 416 g/mol. The summed E-state index contributed by atoms with van der Waals surface area (Å²) in [6, 6.07) is 8.75. The summed E-state index contributed by atoms with van der Waals surface area (Å²) in [6.07, 6.45) is 0.316. The van der Waals surface area contributed by atoms with Crippen LogP contribution in [0.3, 0.4) is 0 Å². The fourth-order valence-corrected chi connectivity index (χ4v) is 4.41. The van der Waals surface area contributed by atoms with E-state index in [9.17, 15) is 0 Å². The van der Waals surface area contributed by atoms with Crippen LogP contribution in [0.4, 0.5) is 0 Å². The van der Waals surface area contributed by atoms with Gasteiger partial charge < -0.3 is 15.4 Å². The number of rotatable bonds is 7. The largest absolute Gasteiger partial charge is 0.376 e. The molecule has 0 spiro atoms. The molecular formula is C22H33N5OS. The van der Waals surface area contributed by atoms with Crippen molar-refractivity contribution in [3.05, 3.63) is 51.0 Å². The van der Waals surface area contributed by atoms with Crippen molar-refractivity contribution in [2.24, 2.45) is 4.99 Å². The van der Waals surface area contributed by atoms with Gasteiger partial charge in [-0.25, -0.2) is 9.98 Å². The summed E-state index contributed by atoms with van der Waals surface area (Å²) in [5.74, 6) is 0.838. The van der Waals surface area contributed by atoms with Crippen molar-refractivity contribution in [1.82, 2.24) is 20.5 Å². The molecule has 7 heteroatoms. The smallest absolute Gasteiger partial charge is 0.191 e. The maximum atomic E-state index is 5.64. The van der Waals surface area contributed by atoms with Crippen LogP contribution in [0.25, 0.3) is 0 Å². The van der Waals surface area contributed by atoms with E-state index in [0.29, 0.717) is 12.6 Å². The van der Waals surface area contributed by atoms with Crippen LogP contribution in [0.5, 0.6) is 0 Å². The third kappa shape index (κ3) is 6.80. The zero-order valence-corrected chi connectivity index (χ0v) is 18.8. The quantitative estimate of drug-likeness (QED) is 0.537. The average Bonchev–Trinajstić information content (AvgIpc) is 3.01. The van der Waals surface area contributed by atoms with Gasteiger partial charge in [0.1, 0.15) is 0 Å². The molecule has 0 radical (unpaired) electrons. The molecule has 6 nitrogen and oxygen atoms in total. The lowest BCUT2D eigenvalue weighted by Gasteiger charge is -2.31. The topological polar surface area (TPSA) is 61.8 Å². The predicted octanol–water partition coefficient (Wildman–Crippen LogP) is 3.24. The number of aliphatic imine (C=N–C) groups is 1. The van der Waals surface area contributed by atoms with Crippen molar-refractivity contribution in [3.8, 4) is 0 Å². The number of hydrogen-bond donors (Lipinski definition) is 2. The van der Waals surface area contributed by atoms with Crippen LogP contribution in [-0.4, -0.2) is 48.2 Å². The molecule has 1 saturated heterocycles. The standard InChI is InChI=1S/C22H33N5OS/c1-5-23-22(25-13-21-17(3)26-18(4)29-21)24-12-19-7-6-8-20(11-19)15-27-9-10-28-16(2)14-27/h6-8,11,16H,5,9-10,12-15H2,1-4H3,(H2,23,24,25). The first-order valence-electron chi connectivity index (χ1n) is 10.4. The van der Waals surface area contributed by atoms with Crippen LogP contribution in [0, 0.1) is 13.8 Å². The van der Waals surface area contributed by atoms with Gasteiger partial charge in [-0.15, -0.1) is 11.3 Å². The Bertz CT molecular complexity index is 819. The molecule has 29 heavy (non-hydrogen) atoms. The van der Waals surface area contributed by atoms with Crippen LogP contribution in [0.1, 0.15) is 40.6 Å². The van der Waals surface area contributed by atoms with E-state index in [1.807, 2.05) is 6.92 Å². The Morgan fingerprint density at radius 3 is 2.86 bits per heavy atom. The Morgan fingerprint density at radius 1 is 1.31 bits per heavy atom. The minimum atomic E-state index is 0.316. The fourth-order valence-electron chi connectivity index (χ4n) is 3.53. The lowest BCUT2D eigenvalue weighted by Crippen LogP contribution is -2.40. The maximum Gasteiger partial charge on any atom is 0.191 e. The molecule has 2 aromatic rings. The first kappa shape index (κ1) is 21.7. The number of thiazole rings is 1. The normalized spacial score (nSPS) is 18.1. The Morgan fingerprint density at radius 2 is 2.14 bits per heavy atom. The van der Waals surface area contributed by atoms with E-state index in [0.717, 1.165) is 56.0 Å². The molecule has 3 rings (SSSR count). The Kier molecular flexibility index (Phi) is 8.03. The third-order valence-electron chi connectivity index (χ3n) is 4.90. The Hall–Kier alpha value is -1.96. The van der Waals surface area contributed by atoms with Crippen LogP contribution in [0.15, 0.2) is 29.3 Å². The molecule has 158 valence electrons. The van der Waals surface area contributed by atoms with Gasteiger partial charge in [-0.3, -0.25) is 4.90 Å². The van der Waals surface area contributed by atoms with Gasteiger partial charge in [-0.1, -0.05) is 24.3 Å². The highest BCUT2D eigenvalue weighted by Gasteiger charge is 2.16. The Labute approximate surface area is 178 Å². The number of aryl methyl sites for hydroxylation is 2. The minimum absolute atomic E-state index is 0.316. The SMILES string of the molecule is CCNC(=NCc1cccc(CN2CCOC(C)C2)c1)NCc1sc(C)nc1C. The summed E-state index contributed by atoms with van der Waals surface area (Å²) < 4.78 is 5.64. The minimum Gasteiger partial charge on any atom is -0.376 e. The van der Waals surface area contributed by atoms with Crippen molar-refractivity contribution in [1.29, 1.82) is 0 Å². The summed E-state index contributed by atoms with van der Waals surface area (Å²) in [5.41, 5.74) is 3.66. The molecule has 0 bridgehead atoms. The molecule has 2 heterocycles. The first-order chi connectivity index (χ1) is 14.0. The van der Waals surface area contributed by atoms with Gasteiger partial charge in [-0.05, 0) is 38.8 Å². The van der Waals surface area contributed by atoms with Crippen molar-refractivity contribution in [3.63, 3.8) is 0 Å². The van der Waals surface area contributed by atoms with Crippen LogP contribution < -0.4 is 10.6 Å². The Balaban J connectivity index is 1.59. The third-order valence-corrected chi connectivity index (χ3v) is 5.98. The summed E-state index contributed by atoms with van der Waals surface area (Å²) in [6.45, 7) is 14.4. The van der Waals surface area contributed by atoms with E-state index < -0.39 is 0 Å². The number of aromatic nitrogens is 1. The number of guanidine groups is 1. The fraction of sp³-hybridized carbons (Fsp3) is 0.545. The molecule has 0 amide bonds. The summed E-state index contributed by atoms with van der Waals surface area (Å²) >= 11 is 1.74. The van der Waals surface area contributed by atoms with Crippen LogP contribution >= 0.6 is 11.3 Å². The van der Waals surface area contributed by atoms with E-state index in [4.69, 9.17) is 9.73 Å². The molecule has 2 N–H and O–H groups in total. The summed E-state index contributed by atoms with van der Waals surface area (Å²) in [4.78, 5) is 13.0. The number of morpholine rings is 1. The zero-order chi connectivity index (χ0) is 20.6. The van der Waals surface area contributed by atoms with Crippen molar-refractivity contribution in [2.75, 3.05) is 26.2 Å². The second kappa shape index (κ2) is 10.7. The highest BCUT2D eigenvalue weighted by atomic mass is 32.1. The van der Waals surface area contributed by atoms with Crippen LogP contribution in [-0.2, 0) is 24.4 Å². The molecule has 1 unspecified atom stereocenters. The second-order valence-corrected chi connectivity index (χ2v) is 8.81. The molecule has 1 aromatic carbocycles. The molecule has 1 aromatic heterocycles. The lowest BCUT2D eigenvalue weighted by atomic mass is 10.1. The van der Waals surface area contributed by atoms with E-state index >= 15 is 0 Å². The van der Waals surface area contributed by atoms with E-state index in [2.05, 4.69) is 65.6 Å². The van der Waals surface area contributed by atoms with Gasteiger partial charge in [0.2, 0.25) is 0 Å². The maximum absolute atomic E-state index is 5.64. The van der Waals surface area contributed by atoms with Crippen molar-refractivity contribution >= 4 is 17.3 Å². The first-order valence-corrected chi connectivity index (χ1v) is 11.2. The predicted molar refractivity (Wildman–Crippen MR) is 120 cm³/mol. The van der Waals surface area contributed by atoms with Gasteiger partial charge in [0.05, 0.1) is 36.5 Å².